The summed E-state index contributed by atoms with van der Waals surface area (Å²) in [6.45, 7) is 2.03. The number of carbonyl (C=O) groups is 1. The fourth-order valence-electron chi connectivity index (χ4n) is 2.65. The molecule has 2 heterocycles. The van der Waals surface area contributed by atoms with Crippen molar-refractivity contribution in [3.63, 3.8) is 0 Å². The number of carbonyl (C=O) groups excluding carboxylic acids is 1. The van der Waals surface area contributed by atoms with Crippen molar-refractivity contribution in [2.75, 3.05) is 0 Å². The van der Waals surface area contributed by atoms with Crippen molar-refractivity contribution in [2.24, 2.45) is 7.05 Å². The Balaban J connectivity index is 1.96. The number of hydrogen-bond acceptors (Lipinski definition) is 5. The summed E-state index contributed by atoms with van der Waals surface area (Å²) in [5, 5.41) is 10.5. The molecule has 0 spiro atoms. The number of nitrogens with zero attached hydrogens (tertiary/aromatic N) is 5. The Morgan fingerprint density at radius 1 is 1.40 bits per heavy atom. The fraction of sp³-hybridized carbons (Fsp3) is 0.583. The van der Waals surface area contributed by atoms with Crippen LogP contribution in [0.3, 0.4) is 0 Å². The molecule has 1 aliphatic carbocycles. The van der Waals surface area contributed by atoms with E-state index in [0.29, 0.717) is 0 Å². The highest BCUT2D eigenvalue weighted by Gasteiger charge is 2.31. The molecule has 8 heteroatoms. The van der Waals surface area contributed by atoms with E-state index in [4.69, 9.17) is 0 Å². The van der Waals surface area contributed by atoms with Gasteiger partial charge in [-0.05, 0) is 19.8 Å². The zero-order valence-corrected chi connectivity index (χ0v) is 11.5. The van der Waals surface area contributed by atoms with Gasteiger partial charge in [-0.25, -0.2) is 14.2 Å². The smallest absolute Gasteiger partial charge is 0.345 e. The molecular weight excluding hydrogens is 260 g/mol. The van der Waals surface area contributed by atoms with Gasteiger partial charge in [0.15, 0.2) is 11.3 Å². The lowest BCUT2D eigenvalue weighted by Gasteiger charge is -2.24. The molecule has 0 saturated heterocycles. The highest BCUT2D eigenvalue weighted by Crippen LogP contribution is 2.29. The first kappa shape index (κ1) is 12.8. The first-order valence-electron chi connectivity index (χ1n) is 6.60. The van der Waals surface area contributed by atoms with Crippen LogP contribution < -0.4 is 11.0 Å². The lowest BCUT2D eigenvalue weighted by atomic mass is 10.0. The molecule has 3 rings (SSSR count). The van der Waals surface area contributed by atoms with E-state index < -0.39 is 0 Å². The van der Waals surface area contributed by atoms with Crippen LogP contribution in [0.15, 0.2) is 11.1 Å². The second-order valence-electron chi connectivity index (χ2n) is 5.50. The van der Waals surface area contributed by atoms with E-state index in [1.807, 2.05) is 6.92 Å². The first-order chi connectivity index (χ1) is 9.50. The lowest BCUT2D eigenvalue weighted by molar-refractivity contribution is 0.0905. The number of nitrogens with one attached hydrogen (secondary N) is 1. The second-order valence-corrected chi connectivity index (χ2v) is 5.50. The average Bonchev–Trinajstić information content (AvgIpc) is 3.00. The van der Waals surface area contributed by atoms with Gasteiger partial charge in [-0.3, -0.25) is 4.79 Å². The Morgan fingerprint density at radius 3 is 2.80 bits per heavy atom. The van der Waals surface area contributed by atoms with Crippen LogP contribution in [0.5, 0.6) is 0 Å². The van der Waals surface area contributed by atoms with E-state index in [0.717, 1.165) is 30.4 Å². The lowest BCUT2D eigenvalue weighted by Crippen LogP contribution is -2.43. The predicted octanol–water partition coefficient (Wildman–Crippen LogP) is -0.115. The molecule has 1 saturated carbocycles. The van der Waals surface area contributed by atoms with Crippen molar-refractivity contribution in [3.8, 4) is 0 Å². The zero-order chi connectivity index (χ0) is 14.3. The van der Waals surface area contributed by atoms with Crippen molar-refractivity contribution in [1.82, 2.24) is 29.7 Å². The van der Waals surface area contributed by atoms with E-state index in [2.05, 4.69) is 20.6 Å². The molecule has 0 aromatic carbocycles. The van der Waals surface area contributed by atoms with E-state index in [-0.39, 0.29) is 28.5 Å². The SMILES string of the molecule is Cn1nnc2c(C(=O)NC3(C)CCCC3)ncn2c1=O. The minimum absolute atomic E-state index is 0.142. The summed E-state index contributed by atoms with van der Waals surface area (Å²) in [7, 11) is 1.49. The molecule has 1 aliphatic rings. The molecule has 0 unspecified atom stereocenters. The van der Waals surface area contributed by atoms with Crippen LogP contribution in [0.4, 0.5) is 0 Å². The topological polar surface area (TPSA) is 94.2 Å². The summed E-state index contributed by atoms with van der Waals surface area (Å²) >= 11 is 0. The van der Waals surface area contributed by atoms with Crippen LogP contribution in [0, 0.1) is 0 Å². The Hall–Kier alpha value is -2.25. The molecule has 0 bridgehead atoms. The predicted molar refractivity (Wildman–Crippen MR) is 70.4 cm³/mol. The van der Waals surface area contributed by atoms with Crippen molar-refractivity contribution < 1.29 is 4.79 Å². The number of hydrogen-bond donors (Lipinski definition) is 1. The number of fused-ring (bicyclic) bond motifs is 1. The number of rotatable bonds is 2. The van der Waals surface area contributed by atoms with Crippen LogP contribution in [-0.4, -0.2) is 35.8 Å². The van der Waals surface area contributed by atoms with Crippen LogP contribution in [-0.2, 0) is 7.05 Å². The maximum absolute atomic E-state index is 12.3. The second kappa shape index (κ2) is 4.39. The third-order valence-electron chi connectivity index (χ3n) is 3.84. The monoisotopic (exact) mass is 276 g/mol. The molecule has 0 aliphatic heterocycles. The average molecular weight is 276 g/mol. The van der Waals surface area contributed by atoms with E-state index in [1.54, 1.807) is 0 Å². The Bertz CT molecular complexity index is 725. The molecule has 106 valence electrons. The van der Waals surface area contributed by atoms with Gasteiger partial charge in [-0.15, -0.1) is 5.10 Å². The fourth-order valence-corrected chi connectivity index (χ4v) is 2.65. The van der Waals surface area contributed by atoms with Gasteiger partial charge in [0.25, 0.3) is 5.91 Å². The summed E-state index contributed by atoms with van der Waals surface area (Å²) in [5.41, 5.74) is -0.246. The summed E-state index contributed by atoms with van der Waals surface area (Å²) in [6, 6.07) is 0. The van der Waals surface area contributed by atoms with Crippen LogP contribution in [0.2, 0.25) is 0 Å². The van der Waals surface area contributed by atoms with Crippen LogP contribution >= 0.6 is 0 Å². The summed E-state index contributed by atoms with van der Waals surface area (Å²) < 4.78 is 2.31. The van der Waals surface area contributed by atoms with Crippen LogP contribution in [0.25, 0.3) is 5.65 Å². The molecule has 8 nitrogen and oxygen atoms in total. The molecule has 20 heavy (non-hydrogen) atoms. The largest absolute Gasteiger partial charge is 0.352 e. The third kappa shape index (κ3) is 1.97. The quantitative estimate of drug-likeness (QED) is 0.825. The number of aromatic nitrogens is 5. The Morgan fingerprint density at radius 2 is 2.10 bits per heavy atom. The van der Waals surface area contributed by atoms with Gasteiger partial charge in [0.2, 0.25) is 0 Å². The maximum Gasteiger partial charge on any atom is 0.352 e. The van der Waals surface area contributed by atoms with Crippen molar-refractivity contribution >= 4 is 11.6 Å². The Kier molecular flexibility index (Phi) is 2.81. The van der Waals surface area contributed by atoms with Crippen molar-refractivity contribution in [1.29, 1.82) is 0 Å². The van der Waals surface area contributed by atoms with Gasteiger partial charge in [0.1, 0.15) is 6.33 Å². The van der Waals surface area contributed by atoms with Gasteiger partial charge in [0, 0.05) is 12.6 Å². The van der Waals surface area contributed by atoms with Gasteiger partial charge in [0.05, 0.1) is 0 Å². The molecule has 0 radical (unpaired) electrons. The standard InChI is InChI=1S/C12H16N6O2/c1-12(5-3-4-6-12)14-10(19)8-9-15-16-17(2)11(20)18(9)7-13-8/h7H,3-6H2,1-2H3,(H,14,19). The molecule has 1 N–H and O–H groups in total. The highest BCUT2D eigenvalue weighted by atomic mass is 16.2. The number of aryl methyl sites for hydroxylation is 1. The zero-order valence-electron chi connectivity index (χ0n) is 11.5. The minimum atomic E-state index is -0.381. The van der Waals surface area contributed by atoms with Gasteiger partial charge in [-0.2, -0.15) is 4.68 Å². The normalized spacial score (nSPS) is 17.5. The molecular formula is C12H16N6O2. The number of amides is 1. The summed E-state index contributed by atoms with van der Waals surface area (Å²) in [4.78, 5) is 28.1. The van der Waals surface area contributed by atoms with Gasteiger partial charge >= 0.3 is 5.69 Å². The van der Waals surface area contributed by atoms with E-state index in [1.165, 1.54) is 17.8 Å². The minimum Gasteiger partial charge on any atom is -0.345 e. The van der Waals surface area contributed by atoms with E-state index in [9.17, 15) is 9.59 Å². The third-order valence-corrected chi connectivity index (χ3v) is 3.84. The van der Waals surface area contributed by atoms with Crippen LogP contribution in [0.1, 0.15) is 43.1 Å². The molecule has 2 aromatic rings. The van der Waals surface area contributed by atoms with E-state index >= 15 is 0 Å². The van der Waals surface area contributed by atoms with Crippen molar-refractivity contribution in [2.45, 2.75) is 38.1 Å². The summed E-state index contributed by atoms with van der Waals surface area (Å²) in [5.74, 6) is -0.306. The molecule has 2 aromatic heterocycles. The van der Waals surface area contributed by atoms with Crippen molar-refractivity contribution in [3.05, 3.63) is 22.5 Å². The maximum atomic E-state index is 12.3. The summed E-state index contributed by atoms with van der Waals surface area (Å²) in [6.07, 6.45) is 5.44. The molecule has 0 atom stereocenters. The molecule has 1 fully saturated rings. The highest BCUT2D eigenvalue weighted by molar-refractivity contribution is 5.98. The Labute approximate surface area is 114 Å². The van der Waals surface area contributed by atoms with Gasteiger partial charge in [-0.1, -0.05) is 18.1 Å². The molecule has 1 amide bonds. The first-order valence-corrected chi connectivity index (χ1v) is 6.60. The van der Waals surface area contributed by atoms with Gasteiger partial charge < -0.3 is 5.32 Å². The number of imidazole rings is 1.